The molecule has 2 rings (SSSR count). The number of hydrogen-bond donors (Lipinski definition) is 2. The zero-order chi connectivity index (χ0) is 13.5. The molecular weight excluding hydrogens is 253 g/mol. The number of carboxylic acids is 1. The van der Waals surface area contributed by atoms with E-state index in [0.717, 1.165) is 6.07 Å². The normalized spacial score (nSPS) is 12.0. The molecule has 0 saturated carbocycles. The fraction of sp³-hybridized carbons (Fsp3) is 0.222. The molecule has 0 fully saturated rings. The van der Waals surface area contributed by atoms with Crippen LogP contribution in [0.1, 0.15) is 21.9 Å². The number of aromatic carboxylic acids is 1. The highest BCUT2D eigenvalue weighted by Gasteiger charge is 2.35. The van der Waals surface area contributed by atoms with Crippen LogP contribution in [0, 0.1) is 0 Å². The lowest BCUT2D eigenvalue weighted by molar-refractivity contribution is -0.141. The Morgan fingerprint density at radius 3 is 2.61 bits per heavy atom. The van der Waals surface area contributed by atoms with Crippen LogP contribution in [0.3, 0.4) is 0 Å². The van der Waals surface area contributed by atoms with Gasteiger partial charge in [0.25, 0.3) is 0 Å². The lowest BCUT2D eigenvalue weighted by Gasteiger charge is -2.02. The van der Waals surface area contributed by atoms with E-state index in [1.165, 1.54) is 0 Å². The van der Waals surface area contributed by atoms with Gasteiger partial charge in [-0.05, 0) is 6.07 Å². The highest BCUT2D eigenvalue weighted by atomic mass is 19.4. The number of rotatable bonds is 2. The Balaban J connectivity index is 2.74. The number of carboxylic acid groups (broad SMARTS) is 1. The molecule has 0 atom stereocenters. The second kappa shape index (κ2) is 3.95. The molecule has 0 radical (unpaired) electrons. The minimum Gasteiger partial charge on any atom is -0.477 e. The molecule has 3 N–H and O–H groups in total. The van der Waals surface area contributed by atoms with Gasteiger partial charge in [-0.2, -0.15) is 18.3 Å². The number of nitrogens with zero attached hydrogens (tertiary/aromatic N) is 3. The van der Waals surface area contributed by atoms with Crippen LogP contribution >= 0.6 is 0 Å². The average molecular weight is 260 g/mol. The van der Waals surface area contributed by atoms with Crippen molar-refractivity contribution in [3.8, 4) is 0 Å². The third kappa shape index (κ3) is 1.99. The molecule has 6 nitrogen and oxygen atoms in total. The summed E-state index contributed by atoms with van der Waals surface area (Å²) in [5, 5.41) is 12.1. The zero-order valence-electron chi connectivity index (χ0n) is 8.77. The molecule has 0 aromatic carbocycles. The molecule has 0 bridgehead atoms. The lowest BCUT2D eigenvalue weighted by Crippen LogP contribution is -2.12. The lowest BCUT2D eigenvalue weighted by atomic mass is 10.3. The predicted molar refractivity (Wildman–Crippen MR) is 52.8 cm³/mol. The van der Waals surface area contributed by atoms with E-state index in [9.17, 15) is 18.0 Å². The smallest absolute Gasteiger partial charge is 0.435 e. The Kier molecular flexibility index (Phi) is 2.70. The Bertz CT molecular complexity index is 620. The maximum atomic E-state index is 12.5. The van der Waals surface area contributed by atoms with Gasteiger partial charge in [0.05, 0.1) is 5.69 Å². The zero-order valence-corrected chi connectivity index (χ0v) is 8.77. The summed E-state index contributed by atoms with van der Waals surface area (Å²) in [6, 6.07) is 1.76. The van der Waals surface area contributed by atoms with Crippen molar-refractivity contribution in [3.05, 3.63) is 29.2 Å². The topological polar surface area (TPSA) is 93.5 Å². The quantitative estimate of drug-likeness (QED) is 0.836. The van der Waals surface area contributed by atoms with Crippen molar-refractivity contribution in [3.63, 3.8) is 0 Å². The van der Waals surface area contributed by atoms with Crippen molar-refractivity contribution in [1.82, 2.24) is 14.6 Å². The number of hydrogen-bond acceptors (Lipinski definition) is 4. The van der Waals surface area contributed by atoms with E-state index < -0.39 is 23.5 Å². The molecule has 0 aliphatic carbocycles. The summed E-state index contributed by atoms with van der Waals surface area (Å²) >= 11 is 0. The maximum Gasteiger partial charge on any atom is 0.435 e. The van der Waals surface area contributed by atoms with Crippen LogP contribution in [0.4, 0.5) is 13.2 Å². The van der Waals surface area contributed by atoms with Crippen LogP contribution in [0.15, 0.2) is 12.1 Å². The summed E-state index contributed by atoms with van der Waals surface area (Å²) in [5.74, 6) is -1.41. The Morgan fingerprint density at radius 2 is 2.11 bits per heavy atom. The first-order chi connectivity index (χ1) is 8.32. The van der Waals surface area contributed by atoms with Gasteiger partial charge in [0, 0.05) is 12.6 Å². The minimum absolute atomic E-state index is 0.0800. The van der Waals surface area contributed by atoms with E-state index in [4.69, 9.17) is 10.8 Å². The van der Waals surface area contributed by atoms with Crippen LogP contribution < -0.4 is 5.73 Å². The molecule has 0 saturated heterocycles. The first-order valence-electron chi connectivity index (χ1n) is 4.73. The van der Waals surface area contributed by atoms with E-state index in [2.05, 4.69) is 10.1 Å². The van der Waals surface area contributed by atoms with Crippen LogP contribution in [0.5, 0.6) is 0 Å². The molecule has 0 unspecified atom stereocenters. The number of carbonyl (C=O) groups is 1. The van der Waals surface area contributed by atoms with Gasteiger partial charge in [-0.25, -0.2) is 14.3 Å². The van der Waals surface area contributed by atoms with Crippen molar-refractivity contribution in [2.45, 2.75) is 12.7 Å². The summed E-state index contributed by atoms with van der Waals surface area (Å²) in [5.41, 5.74) is 3.64. The molecule has 9 heteroatoms. The number of halogens is 3. The Hall–Kier alpha value is -2.16. The van der Waals surface area contributed by atoms with Gasteiger partial charge in [-0.15, -0.1) is 0 Å². The van der Waals surface area contributed by atoms with Crippen molar-refractivity contribution in [2.75, 3.05) is 0 Å². The molecule has 18 heavy (non-hydrogen) atoms. The van der Waals surface area contributed by atoms with E-state index in [1.54, 1.807) is 0 Å². The molecule has 0 aliphatic rings. The first kappa shape index (κ1) is 12.3. The highest BCUT2D eigenvalue weighted by molar-refractivity contribution is 5.86. The number of nitrogens with two attached hydrogens (primary N) is 1. The van der Waals surface area contributed by atoms with E-state index in [0.29, 0.717) is 10.6 Å². The fourth-order valence-corrected chi connectivity index (χ4v) is 1.42. The van der Waals surface area contributed by atoms with Gasteiger partial charge >= 0.3 is 12.1 Å². The van der Waals surface area contributed by atoms with Crippen LogP contribution in [0.2, 0.25) is 0 Å². The number of fused-ring (bicyclic) bond motifs is 1. The summed E-state index contributed by atoms with van der Waals surface area (Å²) in [6.07, 6.45) is -4.66. The summed E-state index contributed by atoms with van der Waals surface area (Å²) in [7, 11) is 0. The van der Waals surface area contributed by atoms with Crippen molar-refractivity contribution < 1.29 is 23.1 Å². The summed E-state index contributed by atoms with van der Waals surface area (Å²) in [6.45, 7) is -0.0800. The molecule has 96 valence electrons. The SMILES string of the molecule is NCc1cc(C(=O)O)n2nc(C(F)(F)F)cc2n1. The monoisotopic (exact) mass is 260 g/mol. The average Bonchev–Trinajstić information content (AvgIpc) is 2.70. The van der Waals surface area contributed by atoms with Gasteiger partial charge in [0.2, 0.25) is 0 Å². The largest absolute Gasteiger partial charge is 0.477 e. The highest BCUT2D eigenvalue weighted by Crippen LogP contribution is 2.28. The number of aromatic nitrogens is 3. The second-order valence-corrected chi connectivity index (χ2v) is 3.44. The molecular formula is C9H7F3N4O2. The van der Waals surface area contributed by atoms with Gasteiger partial charge < -0.3 is 10.8 Å². The van der Waals surface area contributed by atoms with E-state index >= 15 is 0 Å². The van der Waals surface area contributed by atoms with Gasteiger partial charge in [0.1, 0.15) is 0 Å². The van der Waals surface area contributed by atoms with Crippen LogP contribution in [0.25, 0.3) is 5.65 Å². The number of alkyl halides is 3. The predicted octanol–water partition coefficient (Wildman–Crippen LogP) is 0.905. The van der Waals surface area contributed by atoms with Crippen molar-refractivity contribution >= 4 is 11.6 Å². The van der Waals surface area contributed by atoms with Crippen molar-refractivity contribution in [1.29, 1.82) is 0 Å². The first-order valence-corrected chi connectivity index (χ1v) is 4.73. The molecule has 0 amide bonds. The molecule has 2 aromatic heterocycles. The van der Waals surface area contributed by atoms with Gasteiger partial charge in [-0.1, -0.05) is 0 Å². The molecule has 0 aliphatic heterocycles. The van der Waals surface area contributed by atoms with Crippen LogP contribution in [-0.2, 0) is 12.7 Å². The van der Waals surface area contributed by atoms with Crippen molar-refractivity contribution in [2.24, 2.45) is 5.73 Å². The summed E-state index contributed by atoms with van der Waals surface area (Å²) < 4.78 is 38.0. The minimum atomic E-state index is -4.66. The Labute approximate surface area is 97.8 Å². The third-order valence-electron chi connectivity index (χ3n) is 2.20. The van der Waals surface area contributed by atoms with Gasteiger partial charge in [-0.3, -0.25) is 0 Å². The van der Waals surface area contributed by atoms with Gasteiger partial charge in [0.15, 0.2) is 17.0 Å². The maximum absolute atomic E-state index is 12.5. The molecule has 2 aromatic rings. The van der Waals surface area contributed by atoms with E-state index in [-0.39, 0.29) is 17.9 Å². The third-order valence-corrected chi connectivity index (χ3v) is 2.20. The van der Waals surface area contributed by atoms with E-state index in [1.807, 2.05) is 0 Å². The Morgan fingerprint density at radius 1 is 1.44 bits per heavy atom. The standard InChI is InChI=1S/C9H7F3N4O2/c10-9(11,12)6-2-7-14-4(3-13)1-5(8(17)18)16(7)15-6/h1-2H,3,13H2,(H,17,18). The second-order valence-electron chi connectivity index (χ2n) is 3.44. The van der Waals surface area contributed by atoms with Crippen LogP contribution in [-0.4, -0.2) is 25.7 Å². The molecule has 2 heterocycles. The summed E-state index contributed by atoms with van der Waals surface area (Å²) in [4.78, 5) is 14.7. The molecule has 0 spiro atoms. The fourth-order valence-electron chi connectivity index (χ4n) is 1.42.